The van der Waals surface area contributed by atoms with Crippen molar-refractivity contribution in [3.63, 3.8) is 0 Å². The summed E-state index contributed by atoms with van der Waals surface area (Å²) in [5.74, 6) is 0. The van der Waals surface area contributed by atoms with Crippen LogP contribution in [0.4, 0.5) is 0 Å². The molecular weight excluding hydrogens is 520 g/mol. The van der Waals surface area contributed by atoms with Crippen LogP contribution in [0.1, 0.15) is 29.2 Å². The van der Waals surface area contributed by atoms with Crippen LogP contribution in [-0.2, 0) is 38.8 Å². The minimum Gasteiger partial charge on any atom is -0.368 e. The van der Waals surface area contributed by atoms with Gasteiger partial charge in [0.15, 0.2) is 0 Å². The molecule has 0 saturated carbocycles. The molecule has 0 unspecified atom stereocenters. The molecule has 206 valence electrons. The summed E-state index contributed by atoms with van der Waals surface area (Å²) in [7, 11) is 0. The van der Waals surface area contributed by atoms with Crippen molar-refractivity contribution in [3.8, 4) is 0 Å². The Kier molecular flexibility index (Phi) is 10.2. The second-order valence-corrected chi connectivity index (χ2v) is 10.4. The van der Waals surface area contributed by atoms with Crippen LogP contribution in [0.15, 0.2) is 121 Å². The van der Waals surface area contributed by atoms with Gasteiger partial charge in [0.2, 0.25) is 0 Å². The van der Waals surface area contributed by atoms with Crippen LogP contribution in [0.5, 0.6) is 0 Å². The van der Waals surface area contributed by atoms with Gasteiger partial charge in [0, 0.05) is 5.02 Å². The standard InChI is InChI=1S/C35H35ClO4/c1-26-33(37-23-28-11-5-2-6-12-28)35(39-25-30-15-9-4-10-16-30)34(38-24-29-13-7-3-8-14-29)32(40-26)22-19-27-17-20-31(36)21-18-27/h2-22,26,32-35H,23-25H2,1H3/b22-19+/t26-,32-,33-,34-,35+/m0/s1. The molecule has 4 nitrogen and oxygen atoms in total. The highest BCUT2D eigenvalue weighted by Crippen LogP contribution is 2.31. The van der Waals surface area contributed by atoms with Crippen molar-refractivity contribution in [1.29, 1.82) is 0 Å². The molecule has 4 aromatic rings. The SMILES string of the molecule is C[C@@H]1O[C@@H](/C=C/c2ccc(Cl)cc2)[C@H](OCc2ccccc2)[C@H](OCc2ccccc2)[C@H]1OCc1ccccc1. The van der Waals surface area contributed by atoms with E-state index in [9.17, 15) is 0 Å². The number of benzene rings is 4. The summed E-state index contributed by atoms with van der Waals surface area (Å²) in [5, 5.41) is 0.705. The monoisotopic (exact) mass is 554 g/mol. The molecular formula is C35H35ClO4. The summed E-state index contributed by atoms with van der Waals surface area (Å²) in [6.45, 7) is 3.39. The van der Waals surface area contributed by atoms with Crippen LogP contribution in [0, 0.1) is 0 Å². The molecule has 0 aromatic heterocycles. The van der Waals surface area contributed by atoms with Gasteiger partial charge < -0.3 is 18.9 Å². The smallest absolute Gasteiger partial charge is 0.116 e. The van der Waals surface area contributed by atoms with E-state index in [2.05, 4.69) is 42.5 Å². The fraction of sp³-hybridized carbons (Fsp3) is 0.257. The first-order valence-electron chi connectivity index (χ1n) is 13.7. The van der Waals surface area contributed by atoms with E-state index in [4.69, 9.17) is 30.5 Å². The van der Waals surface area contributed by atoms with Crippen LogP contribution in [0.2, 0.25) is 5.02 Å². The van der Waals surface area contributed by atoms with E-state index in [0.717, 1.165) is 22.3 Å². The van der Waals surface area contributed by atoms with Crippen molar-refractivity contribution in [2.24, 2.45) is 0 Å². The molecule has 40 heavy (non-hydrogen) atoms. The maximum atomic E-state index is 6.66. The number of rotatable bonds is 11. The van der Waals surface area contributed by atoms with Gasteiger partial charge in [-0.3, -0.25) is 0 Å². The molecule has 1 aliphatic heterocycles. The summed E-state index contributed by atoms with van der Waals surface area (Å²) in [5.41, 5.74) is 4.32. The van der Waals surface area contributed by atoms with Crippen molar-refractivity contribution in [2.75, 3.05) is 0 Å². The fourth-order valence-electron chi connectivity index (χ4n) is 4.89. The quantitative estimate of drug-likeness (QED) is 0.189. The van der Waals surface area contributed by atoms with Crippen LogP contribution in [0.25, 0.3) is 6.08 Å². The maximum Gasteiger partial charge on any atom is 0.116 e. The highest BCUT2D eigenvalue weighted by atomic mass is 35.5. The fourth-order valence-corrected chi connectivity index (χ4v) is 5.01. The van der Waals surface area contributed by atoms with E-state index >= 15 is 0 Å². The van der Waals surface area contributed by atoms with Gasteiger partial charge in [-0.25, -0.2) is 0 Å². The molecule has 0 N–H and O–H groups in total. The Morgan fingerprint density at radius 2 is 1.05 bits per heavy atom. The Balaban J connectivity index is 1.42. The van der Waals surface area contributed by atoms with Crippen molar-refractivity contribution in [3.05, 3.63) is 149 Å². The first-order chi connectivity index (χ1) is 19.7. The normalized spacial score (nSPS) is 22.9. The third kappa shape index (κ3) is 7.91. The second kappa shape index (κ2) is 14.4. The Labute approximate surface area is 242 Å². The number of hydrogen-bond donors (Lipinski definition) is 0. The molecule has 5 rings (SSSR count). The predicted molar refractivity (Wildman–Crippen MR) is 160 cm³/mol. The van der Waals surface area contributed by atoms with Gasteiger partial charge >= 0.3 is 0 Å². The van der Waals surface area contributed by atoms with E-state index in [1.807, 2.05) is 91.9 Å². The lowest BCUT2D eigenvalue weighted by atomic mass is 9.94. The maximum absolute atomic E-state index is 6.66. The molecule has 1 aliphatic rings. The first kappa shape index (κ1) is 28.3. The Bertz CT molecular complexity index is 1310. The second-order valence-electron chi connectivity index (χ2n) is 10.0. The van der Waals surface area contributed by atoms with Gasteiger partial charge in [-0.15, -0.1) is 0 Å². The molecule has 0 bridgehead atoms. The minimum absolute atomic E-state index is 0.221. The van der Waals surface area contributed by atoms with Crippen molar-refractivity contribution in [1.82, 2.24) is 0 Å². The zero-order chi connectivity index (χ0) is 27.6. The van der Waals surface area contributed by atoms with E-state index in [1.165, 1.54) is 0 Å². The van der Waals surface area contributed by atoms with Crippen molar-refractivity contribution >= 4 is 17.7 Å². The molecule has 4 aromatic carbocycles. The molecule has 0 spiro atoms. The third-order valence-electron chi connectivity index (χ3n) is 7.01. The van der Waals surface area contributed by atoms with Crippen molar-refractivity contribution < 1.29 is 18.9 Å². The van der Waals surface area contributed by atoms with Crippen LogP contribution in [0.3, 0.4) is 0 Å². The van der Waals surface area contributed by atoms with Crippen LogP contribution < -0.4 is 0 Å². The zero-order valence-corrected chi connectivity index (χ0v) is 23.4. The average molecular weight is 555 g/mol. The van der Waals surface area contributed by atoms with Gasteiger partial charge in [-0.1, -0.05) is 127 Å². The summed E-state index contributed by atoms with van der Waals surface area (Å²) >= 11 is 6.10. The summed E-state index contributed by atoms with van der Waals surface area (Å²) in [4.78, 5) is 0. The van der Waals surface area contributed by atoms with Gasteiger partial charge in [0.05, 0.1) is 25.9 Å². The lowest BCUT2D eigenvalue weighted by Crippen LogP contribution is -2.58. The number of hydrogen-bond acceptors (Lipinski definition) is 4. The van der Waals surface area contributed by atoms with Gasteiger partial charge in [0.1, 0.15) is 24.4 Å². The highest BCUT2D eigenvalue weighted by molar-refractivity contribution is 6.30. The molecule has 1 fully saturated rings. The van der Waals surface area contributed by atoms with E-state index in [1.54, 1.807) is 0 Å². The highest BCUT2D eigenvalue weighted by Gasteiger charge is 2.45. The Morgan fingerprint density at radius 1 is 0.600 bits per heavy atom. The lowest BCUT2D eigenvalue weighted by Gasteiger charge is -2.44. The van der Waals surface area contributed by atoms with E-state index in [0.29, 0.717) is 24.8 Å². The van der Waals surface area contributed by atoms with E-state index in [-0.39, 0.29) is 24.4 Å². The lowest BCUT2D eigenvalue weighted by molar-refractivity contribution is -0.251. The van der Waals surface area contributed by atoms with Crippen LogP contribution in [-0.4, -0.2) is 30.5 Å². The molecule has 0 aliphatic carbocycles. The van der Waals surface area contributed by atoms with Gasteiger partial charge in [0.25, 0.3) is 0 Å². The molecule has 5 atom stereocenters. The minimum atomic E-state index is -0.399. The Hall–Kier alpha value is -3.25. The molecule has 0 radical (unpaired) electrons. The summed E-state index contributed by atoms with van der Waals surface area (Å²) in [6, 6.07) is 38.3. The average Bonchev–Trinajstić information content (AvgIpc) is 3.00. The number of ether oxygens (including phenoxy) is 4. The van der Waals surface area contributed by atoms with E-state index < -0.39 is 6.10 Å². The van der Waals surface area contributed by atoms with Gasteiger partial charge in [-0.2, -0.15) is 0 Å². The van der Waals surface area contributed by atoms with Crippen molar-refractivity contribution in [2.45, 2.75) is 57.3 Å². The third-order valence-corrected chi connectivity index (χ3v) is 7.26. The molecule has 0 amide bonds. The van der Waals surface area contributed by atoms with Gasteiger partial charge in [-0.05, 0) is 41.3 Å². The predicted octanol–water partition coefficient (Wildman–Crippen LogP) is 7.90. The molecule has 5 heteroatoms. The Morgan fingerprint density at radius 3 is 1.55 bits per heavy atom. The first-order valence-corrected chi connectivity index (χ1v) is 14.1. The summed E-state index contributed by atoms with van der Waals surface area (Å²) < 4.78 is 26.4. The molecule has 1 saturated heterocycles. The van der Waals surface area contributed by atoms with Crippen LogP contribution >= 0.6 is 11.6 Å². The summed E-state index contributed by atoms with van der Waals surface area (Å²) in [6.07, 6.45) is 2.45. The topological polar surface area (TPSA) is 36.9 Å². The number of halogens is 1. The largest absolute Gasteiger partial charge is 0.368 e. The zero-order valence-electron chi connectivity index (χ0n) is 22.6. The molecule has 1 heterocycles.